The lowest BCUT2D eigenvalue weighted by Crippen LogP contribution is -2.46. The number of rotatable bonds is 7. The molecule has 33 heavy (non-hydrogen) atoms. The van der Waals surface area contributed by atoms with E-state index in [4.69, 9.17) is 4.74 Å². The SMILES string of the molecule is O=C1CCc2cnc(OCCCCN3CCN(c4cccc5cccc(F)c45)CC3)nc2N1. The minimum Gasteiger partial charge on any atom is -0.463 e. The predicted octanol–water partition coefficient (Wildman–Crippen LogP) is 3.63. The fourth-order valence-electron chi connectivity index (χ4n) is 4.55. The Morgan fingerprint density at radius 2 is 1.85 bits per heavy atom. The van der Waals surface area contributed by atoms with Crippen LogP contribution in [0.15, 0.2) is 42.6 Å². The smallest absolute Gasteiger partial charge is 0.318 e. The molecule has 5 rings (SSSR count). The third-order valence-electron chi connectivity index (χ3n) is 6.37. The molecule has 0 aliphatic carbocycles. The van der Waals surface area contributed by atoms with E-state index in [0.29, 0.717) is 31.3 Å². The molecule has 172 valence electrons. The van der Waals surface area contributed by atoms with Gasteiger partial charge in [-0.3, -0.25) is 9.69 Å². The third kappa shape index (κ3) is 4.90. The number of unbranched alkanes of at least 4 members (excludes halogenated alkanes) is 1. The standard InChI is InChI=1S/C25H28FN5O2/c26-20-7-3-5-18-6-4-8-21(23(18)20)31-14-12-30(13-15-31)11-1-2-16-33-25-27-17-19-9-10-22(32)28-24(19)29-25/h3-8,17H,1-2,9-16H2,(H,27,28,29,32). The van der Waals surface area contributed by atoms with Crippen molar-refractivity contribution in [3.8, 4) is 6.01 Å². The van der Waals surface area contributed by atoms with Crippen LogP contribution in [-0.4, -0.2) is 60.1 Å². The Morgan fingerprint density at radius 1 is 1.03 bits per heavy atom. The molecule has 1 N–H and O–H groups in total. The van der Waals surface area contributed by atoms with Gasteiger partial charge in [-0.15, -0.1) is 0 Å². The molecule has 1 saturated heterocycles. The van der Waals surface area contributed by atoms with E-state index in [9.17, 15) is 9.18 Å². The predicted molar refractivity (Wildman–Crippen MR) is 126 cm³/mol. The minimum atomic E-state index is -0.157. The maximum Gasteiger partial charge on any atom is 0.318 e. The second-order valence-corrected chi connectivity index (χ2v) is 8.57. The highest BCUT2D eigenvalue weighted by Gasteiger charge is 2.20. The zero-order chi connectivity index (χ0) is 22.6. The van der Waals surface area contributed by atoms with Crippen molar-refractivity contribution < 1.29 is 13.9 Å². The van der Waals surface area contributed by atoms with Crippen molar-refractivity contribution in [2.24, 2.45) is 0 Å². The van der Waals surface area contributed by atoms with Crippen LogP contribution in [0.3, 0.4) is 0 Å². The van der Waals surface area contributed by atoms with Gasteiger partial charge in [0, 0.05) is 55.4 Å². The second-order valence-electron chi connectivity index (χ2n) is 8.57. The molecule has 0 unspecified atom stereocenters. The summed E-state index contributed by atoms with van der Waals surface area (Å²) in [4.78, 5) is 24.8. The van der Waals surface area contributed by atoms with Gasteiger partial charge in [0.2, 0.25) is 5.91 Å². The first kappa shape index (κ1) is 21.6. The number of carbonyl (C=O) groups excluding carboxylic acids is 1. The maximum absolute atomic E-state index is 14.5. The number of fused-ring (bicyclic) bond motifs is 2. The molecule has 7 nitrogen and oxygen atoms in total. The highest BCUT2D eigenvalue weighted by Crippen LogP contribution is 2.30. The lowest BCUT2D eigenvalue weighted by Gasteiger charge is -2.36. The monoisotopic (exact) mass is 449 g/mol. The molecular weight excluding hydrogens is 421 g/mol. The van der Waals surface area contributed by atoms with E-state index >= 15 is 0 Å². The van der Waals surface area contributed by atoms with E-state index in [1.165, 1.54) is 6.07 Å². The molecule has 2 aromatic carbocycles. The van der Waals surface area contributed by atoms with Crippen molar-refractivity contribution in [1.29, 1.82) is 0 Å². The summed E-state index contributed by atoms with van der Waals surface area (Å²) in [5, 5.41) is 4.43. The number of halogens is 1. The van der Waals surface area contributed by atoms with Gasteiger partial charge in [-0.2, -0.15) is 4.98 Å². The molecule has 1 aromatic heterocycles. The van der Waals surface area contributed by atoms with Gasteiger partial charge in [-0.1, -0.05) is 24.3 Å². The average molecular weight is 450 g/mol. The summed E-state index contributed by atoms with van der Waals surface area (Å²) >= 11 is 0. The molecule has 0 atom stereocenters. The number of carbonyl (C=O) groups is 1. The number of hydrogen-bond donors (Lipinski definition) is 1. The van der Waals surface area contributed by atoms with Gasteiger partial charge in [0.1, 0.15) is 11.6 Å². The zero-order valence-corrected chi connectivity index (χ0v) is 18.6. The van der Waals surface area contributed by atoms with Gasteiger partial charge in [0.15, 0.2) is 0 Å². The molecule has 3 aromatic rings. The van der Waals surface area contributed by atoms with Crippen molar-refractivity contribution in [3.05, 3.63) is 54.0 Å². The molecular formula is C25H28FN5O2. The normalized spacial score (nSPS) is 16.5. The fraction of sp³-hybridized carbons (Fsp3) is 0.400. The fourth-order valence-corrected chi connectivity index (χ4v) is 4.55. The van der Waals surface area contributed by atoms with Gasteiger partial charge in [0.05, 0.1) is 6.61 Å². The molecule has 2 aliphatic rings. The van der Waals surface area contributed by atoms with E-state index in [1.807, 2.05) is 24.3 Å². The number of piperazine rings is 1. The molecule has 1 amide bonds. The number of aromatic nitrogens is 2. The number of aryl methyl sites for hydroxylation is 1. The summed E-state index contributed by atoms with van der Waals surface area (Å²) < 4.78 is 20.2. The Bertz CT molecular complexity index is 1140. The Morgan fingerprint density at radius 3 is 2.70 bits per heavy atom. The molecule has 0 bridgehead atoms. The molecule has 0 radical (unpaired) electrons. The number of anilines is 2. The zero-order valence-electron chi connectivity index (χ0n) is 18.6. The summed E-state index contributed by atoms with van der Waals surface area (Å²) in [5.41, 5.74) is 1.94. The first-order valence-corrected chi connectivity index (χ1v) is 11.6. The van der Waals surface area contributed by atoms with Crippen LogP contribution in [-0.2, 0) is 11.2 Å². The van der Waals surface area contributed by atoms with Crippen LogP contribution in [0.1, 0.15) is 24.8 Å². The number of amides is 1. The van der Waals surface area contributed by atoms with E-state index < -0.39 is 0 Å². The molecule has 3 heterocycles. The lowest BCUT2D eigenvalue weighted by molar-refractivity contribution is -0.116. The molecule has 0 spiro atoms. The number of nitrogens with zero attached hydrogens (tertiary/aromatic N) is 4. The summed E-state index contributed by atoms with van der Waals surface area (Å²) in [6, 6.07) is 11.6. The van der Waals surface area contributed by atoms with Crippen LogP contribution in [0, 0.1) is 5.82 Å². The van der Waals surface area contributed by atoms with E-state index in [1.54, 1.807) is 12.3 Å². The van der Waals surface area contributed by atoms with E-state index in [0.717, 1.165) is 67.6 Å². The second kappa shape index (κ2) is 9.70. The van der Waals surface area contributed by atoms with Crippen LogP contribution < -0.4 is 15.0 Å². The molecule has 8 heteroatoms. The lowest BCUT2D eigenvalue weighted by atomic mass is 10.1. The Balaban J connectivity index is 1.06. The Labute approximate surface area is 192 Å². The van der Waals surface area contributed by atoms with Crippen LogP contribution >= 0.6 is 0 Å². The highest BCUT2D eigenvalue weighted by molar-refractivity contribution is 5.95. The summed E-state index contributed by atoms with van der Waals surface area (Å²) in [5.74, 6) is 0.397. The van der Waals surface area contributed by atoms with Crippen molar-refractivity contribution in [1.82, 2.24) is 14.9 Å². The first-order valence-electron chi connectivity index (χ1n) is 11.6. The maximum atomic E-state index is 14.5. The number of hydrogen-bond acceptors (Lipinski definition) is 6. The number of nitrogens with one attached hydrogen (secondary N) is 1. The van der Waals surface area contributed by atoms with Crippen molar-refractivity contribution >= 4 is 28.2 Å². The summed E-state index contributed by atoms with van der Waals surface area (Å²) in [6.45, 7) is 5.24. The van der Waals surface area contributed by atoms with Gasteiger partial charge in [-0.25, -0.2) is 9.37 Å². The highest BCUT2D eigenvalue weighted by atomic mass is 19.1. The first-order chi connectivity index (χ1) is 16.2. The van der Waals surface area contributed by atoms with Crippen LogP contribution in [0.25, 0.3) is 10.8 Å². The minimum absolute atomic E-state index is 0.0159. The van der Waals surface area contributed by atoms with Gasteiger partial charge in [0.25, 0.3) is 0 Å². The van der Waals surface area contributed by atoms with Gasteiger partial charge < -0.3 is 15.0 Å². The van der Waals surface area contributed by atoms with E-state index in [-0.39, 0.29) is 11.7 Å². The molecule has 2 aliphatic heterocycles. The third-order valence-corrected chi connectivity index (χ3v) is 6.37. The quantitative estimate of drug-likeness (QED) is 0.556. The van der Waals surface area contributed by atoms with Crippen LogP contribution in [0.2, 0.25) is 0 Å². The van der Waals surface area contributed by atoms with Crippen LogP contribution in [0.4, 0.5) is 15.9 Å². The largest absolute Gasteiger partial charge is 0.463 e. The Kier molecular flexibility index (Phi) is 6.35. The topological polar surface area (TPSA) is 70.6 Å². The van der Waals surface area contributed by atoms with Gasteiger partial charge >= 0.3 is 6.01 Å². The molecule has 0 saturated carbocycles. The van der Waals surface area contributed by atoms with Crippen LogP contribution in [0.5, 0.6) is 6.01 Å². The molecule has 1 fully saturated rings. The van der Waals surface area contributed by atoms with E-state index in [2.05, 4.69) is 25.1 Å². The van der Waals surface area contributed by atoms with Crippen molar-refractivity contribution in [2.45, 2.75) is 25.7 Å². The number of benzene rings is 2. The van der Waals surface area contributed by atoms with Crippen molar-refractivity contribution in [3.63, 3.8) is 0 Å². The average Bonchev–Trinajstić information content (AvgIpc) is 2.84. The van der Waals surface area contributed by atoms with Gasteiger partial charge in [-0.05, 0) is 43.3 Å². The Hall–Kier alpha value is -3.26. The number of ether oxygens (including phenoxy) is 1. The summed E-state index contributed by atoms with van der Waals surface area (Å²) in [7, 11) is 0. The van der Waals surface area contributed by atoms with Crippen molar-refractivity contribution in [2.75, 3.05) is 49.5 Å². The summed E-state index contributed by atoms with van der Waals surface area (Å²) in [6.07, 6.45) is 4.80.